The Morgan fingerprint density at radius 2 is 1.92 bits per heavy atom. The summed E-state index contributed by atoms with van der Waals surface area (Å²) in [4.78, 5) is 21.9. The van der Waals surface area contributed by atoms with Gasteiger partial charge in [-0.2, -0.15) is 4.39 Å². The molecule has 0 fully saturated rings. The third-order valence-electron chi connectivity index (χ3n) is 3.01. The summed E-state index contributed by atoms with van der Waals surface area (Å²) >= 11 is 5.89. The normalized spacial score (nSPS) is 11.1. The highest BCUT2D eigenvalue weighted by molar-refractivity contribution is 7.90. The van der Waals surface area contributed by atoms with Gasteiger partial charge in [-0.05, 0) is 30.3 Å². The van der Waals surface area contributed by atoms with E-state index in [2.05, 4.69) is 5.32 Å². The minimum atomic E-state index is -3.55. The predicted molar refractivity (Wildman–Crippen MR) is 85.6 cm³/mol. The maximum Gasteiger partial charge on any atom is 0.306 e. The zero-order valence-electron chi connectivity index (χ0n) is 12.1. The summed E-state index contributed by atoms with van der Waals surface area (Å²) in [5.74, 6) is -1.83. The van der Waals surface area contributed by atoms with Gasteiger partial charge in [0.2, 0.25) is 5.82 Å². The zero-order valence-corrected chi connectivity index (χ0v) is 13.7. The Morgan fingerprint density at radius 1 is 1.25 bits per heavy atom. The van der Waals surface area contributed by atoms with Gasteiger partial charge in [-0.1, -0.05) is 11.6 Å². The third kappa shape index (κ3) is 3.87. The lowest BCUT2D eigenvalue weighted by Gasteiger charge is -2.08. The van der Waals surface area contributed by atoms with Crippen molar-refractivity contribution in [1.82, 2.24) is 0 Å². The van der Waals surface area contributed by atoms with Gasteiger partial charge in [0.15, 0.2) is 9.84 Å². The molecule has 0 aliphatic heterocycles. The molecule has 0 unspecified atom stereocenters. The molecular formula is C14H10ClFN2O5S. The van der Waals surface area contributed by atoms with Crippen LogP contribution in [0.3, 0.4) is 0 Å². The molecular weight excluding hydrogens is 363 g/mol. The van der Waals surface area contributed by atoms with Crippen LogP contribution in [0.2, 0.25) is 5.02 Å². The summed E-state index contributed by atoms with van der Waals surface area (Å²) in [6.07, 6.45) is 0.973. The van der Waals surface area contributed by atoms with Crippen molar-refractivity contribution in [3.8, 4) is 0 Å². The number of carbonyl (C=O) groups is 1. The Bertz CT molecular complexity index is 946. The maximum atomic E-state index is 13.3. The number of anilines is 1. The van der Waals surface area contributed by atoms with Crippen molar-refractivity contribution in [2.24, 2.45) is 0 Å². The fraction of sp³-hybridized carbons (Fsp3) is 0.0714. The van der Waals surface area contributed by atoms with Crippen LogP contribution in [0.15, 0.2) is 41.3 Å². The average Bonchev–Trinajstić information content (AvgIpc) is 2.48. The quantitative estimate of drug-likeness (QED) is 0.655. The van der Waals surface area contributed by atoms with Crippen molar-refractivity contribution in [3.63, 3.8) is 0 Å². The Morgan fingerprint density at radius 3 is 2.50 bits per heavy atom. The van der Waals surface area contributed by atoms with Gasteiger partial charge in [0.1, 0.15) is 0 Å². The fourth-order valence-corrected chi connectivity index (χ4v) is 2.69. The highest BCUT2D eigenvalue weighted by atomic mass is 35.5. The van der Waals surface area contributed by atoms with Crippen molar-refractivity contribution in [2.45, 2.75) is 4.90 Å². The number of nitro groups is 1. The summed E-state index contributed by atoms with van der Waals surface area (Å²) < 4.78 is 36.4. The van der Waals surface area contributed by atoms with Crippen molar-refractivity contribution in [2.75, 3.05) is 11.6 Å². The molecule has 126 valence electrons. The smallest absolute Gasteiger partial charge is 0.306 e. The molecule has 1 amide bonds. The largest absolute Gasteiger partial charge is 0.322 e. The lowest BCUT2D eigenvalue weighted by Crippen LogP contribution is -2.13. The third-order valence-corrected chi connectivity index (χ3v) is 4.45. The van der Waals surface area contributed by atoms with E-state index in [4.69, 9.17) is 11.6 Å². The molecule has 2 rings (SSSR count). The number of nitrogens with one attached hydrogen (secondary N) is 1. The lowest BCUT2D eigenvalue weighted by molar-refractivity contribution is -0.387. The average molecular weight is 373 g/mol. The molecule has 0 radical (unpaired) electrons. The molecule has 1 N–H and O–H groups in total. The van der Waals surface area contributed by atoms with Gasteiger partial charge in [-0.15, -0.1) is 0 Å². The monoisotopic (exact) mass is 372 g/mol. The maximum absolute atomic E-state index is 13.3. The van der Waals surface area contributed by atoms with Gasteiger partial charge in [-0.3, -0.25) is 14.9 Å². The van der Waals surface area contributed by atoms with Crippen LogP contribution in [0.5, 0.6) is 0 Å². The number of carbonyl (C=O) groups excluding carboxylic acids is 1. The summed E-state index contributed by atoms with van der Waals surface area (Å²) in [6, 6.07) is 6.40. The van der Waals surface area contributed by atoms with Crippen molar-refractivity contribution < 1.29 is 22.5 Å². The number of amides is 1. The molecule has 0 saturated carbocycles. The Hall–Kier alpha value is -2.52. The SMILES string of the molecule is CS(=O)(=O)c1ccc(Cl)c(C(=O)Nc2ccc(F)c([N+](=O)[O-])c2)c1. The van der Waals surface area contributed by atoms with Gasteiger partial charge in [-0.25, -0.2) is 8.42 Å². The van der Waals surface area contributed by atoms with Gasteiger partial charge in [0.25, 0.3) is 5.91 Å². The van der Waals surface area contributed by atoms with E-state index in [0.717, 1.165) is 30.5 Å². The topological polar surface area (TPSA) is 106 Å². The number of nitrogens with zero attached hydrogens (tertiary/aromatic N) is 1. The number of hydrogen-bond donors (Lipinski definition) is 1. The first-order valence-corrected chi connectivity index (χ1v) is 8.61. The lowest BCUT2D eigenvalue weighted by atomic mass is 10.2. The minimum Gasteiger partial charge on any atom is -0.322 e. The summed E-state index contributed by atoms with van der Waals surface area (Å²) in [5.41, 5.74) is -0.968. The van der Waals surface area contributed by atoms with E-state index in [-0.39, 0.29) is 21.2 Å². The number of benzene rings is 2. The first-order valence-electron chi connectivity index (χ1n) is 6.34. The molecule has 0 spiro atoms. The molecule has 0 heterocycles. The molecule has 0 saturated heterocycles. The van der Waals surface area contributed by atoms with E-state index in [1.807, 2.05) is 0 Å². The molecule has 2 aromatic rings. The number of sulfone groups is 1. The molecule has 0 bridgehead atoms. The zero-order chi connectivity index (χ0) is 18.1. The highest BCUT2D eigenvalue weighted by Gasteiger charge is 2.18. The number of hydrogen-bond acceptors (Lipinski definition) is 5. The number of halogens is 2. The standard InChI is InChI=1S/C14H10ClFN2O5S/c1-24(22,23)9-3-4-11(15)10(7-9)14(19)17-8-2-5-12(16)13(6-8)18(20)21/h2-7H,1H3,(H,17,19). The van der Waals surface area contributed by atoms with Crippen LogP contribution >= 0.6 is 11.6 Å². The summed E-state index contributed by atoms with van der Waals surface area (Å²) in [7, 11) is -3.55. The van der Waals surface area contributed by atoms with E-state index >= 15 is 0 Å². The van der Waals surface area contributed by atoms with E-state index in [1.165, 1.54) is 12.1 Å². The molecule has 0 aliphatic carbocycles. The number of nitro benzene ring substituents is 1. The second kappa shape index (κ2) is 6.54. The van der Waals surface area contributed by atoms with Crippen molar-refractivity contribution in [1.29, 1.82) is 0 Å². The molecule has 0 atom stereocenters. The van der Waals surface area contributed by atoms with Crippen LogP contribution in [-0.4, -0.2) is 25.5 Å². The molecule has 0 aromatic heterocycles. The Balaban J connectivity index is 2.37. The van der Waals surface area contributed by atoms with Crippen molar-refractivity contribution in [3.05, 3.63) is 62.9 Å². The number of rotatable bonds is 4. The fourth-order valence-electron chi connectivity index (χ4n) is 1.84. The van der Waals surface area contributed by atoms with Crippen LogP contribution in [0, 0.1) is 15.9 Å². The summed E-state index contributed by atoms with van der Waals surface area (Å²) in [5, 5.41) is 13.0. The first kappa shape index (κ1) is 17.8. The van der Waals surface area contributed by atoms with E-state index < -0.39 is 32.2 Å². The second-order valence-electron chi connectivity index (χ2n) is 4.79. The van der Waals surface area contributed by atoms with Crippen LogP contribution in [0.4, 0.5) is 15.8 Å². The Labute approximate surface area is 141 Å². The first-order chi connectivity index (χ1) is 11.1. The highest BCUT2D eigenvalue weighted by Crippen LogP contribution is 2.24. The van der Waals surface area contributed by atoms with E-state index in [1.54, 1.807) is 0 Å². The van der Waals surface area contributed by atoms with Crippen LogP contribution in [-0.2, 0) is 9.84 Å². The van der Waals surface area contributed by atoms with Gasteiger partial charge < -0.3 is 5.32 Å². The van der Waals surface area contributed by atoms with Crippen LogP contribution < -0.4 is 5.32 Å². The van der Waals surface area contributed by atoms with Crippen LogP contribution in [0.1, 0.15) is 10.4 Å². The molecule has 7 nitrogen and oxygen atoms in total. The Kier molecular flexibility index (Phi) is 4.86. The van der Waals surface area contributed by atoms with E-state index in [9.17, 15) is 27.7 Å². The van der Waals surface area contributed by atoms with Crippen LogP contribution in [0.25, 0.3) is 0 Å². The summed E-state index contributed by atoms with van der Waals surface area (Å²) in [6.45, 7) is 0. The predicted octanol–water partition coefficient (Wildman–Crippen LogP) is 3.04. The minimum absolute atomic E-state index is 0.00323. The van der Waals surface area contributed by atoms with Crippen molar-refractivity contribution >= 4 is 38.7 Å². The molecule has 10 heteroatoms. The van der Waals surface area contributed by atoms with E-state index in [0.29, 0.717) is 0 Å². The molecule has 24 heavy (non-hydrogen) atoms. The molecule has 2 aromatic carbocycles. The second-order valence-corrected chi connectivity index (χ2v) is 7.21. The van der Waals surface area contributed by atoms with Gasteiger partial charge >= 0.3 is 5.69 Å². The van der Waals surface area contributed by atoms with Gasteiger partial charge in [0, 0.05) is 18.0 Å². The van der Waals surface area contributed by atoms with Gasteiger partial charge in [0.05, 0.1) is 20.4 Å². The molecule has 0 aliphatic rings.